The fraction of sp³-hybridized carbons (Fsp3) is 0.222. The number of hydrogen-bond acceptors (Lipinski definition) is 2. The number of halogens is 3. The van der Waals surface area contributed by atoms with Crippen molar-refractivity contribution in [3.8, 4) is 5.75 Å². The molecule has 0 aliphatic carbocycles. The van der Waals surface area contributed by atoms with Crippen LogP contribution in [-0.2, 0) is 0 Å². The number of benzene rings is 1. The van der Waals surface area contributed by atoms with Gasteiger partial charge in [-0.25, -0.2) is 8.78 Å². The first-order chi connectivity index (χ1) is 6.43. The predicted molar refractivity (Wildman–Crippen MR) is 48.1 cm³/mol. The van der Waals surface area contributed by atoms with Gasteiger partial charge in [0.15, 0.2) is 5.78 Å². The maximum atomic E-state index is 12.3. The van der Waals surface area contributed by atoms with Gasteiger partial charge in [-0.3, -0.25) is 4.79 Å². The molecule has 1 aromatic carbocycles. The molecule has 0 radical (unpaired) electrons. The van der Waals surface area contributed by atoms with Gasteiger partial charge in [0, 0.05) is 5.56 Å². The molecule has 5 heteroatoms. The highest BCUT2D eigenvalue weighted by molar-refractivity contribution is 6.32. The van der Waals surface area contributed by atoms with Crippen LogP contribution >= 0.6 is 11.6 Å². The summed E-state index contributed by atoms with van der Waals surface area (Å²) in [5, 5.41) is 8.87. The normalized spacial score (nSPS) is 10.6. The molecule has 1 N–H and O–H groups in total. The molecule has 0 saturated carbocycles. The van der Waals surface area contributed by atoms with Crippen molar-refractivity contribution in [1.29, 1.82) is 0 Å². The Hall–Kier alpha value is -1.16. The van der Waals surface area contributed by atoms with Gasteiger partial charge < -0.3 is 5.11 Å². The predicted octanol–water partition coefficient (Wildman–Crippen LogP) is 3.19. The molecule has 0 amide bonds. The van der Waals surface area contributed by atoms with Crippen LogP contribution in [-0.4, -0.2) is 10.9 Å². The molecule has 0 aromatic heterocycles. The van der Waals surface area contributed by atoms with Gasteiger partial charge in [-0.15, -0.1) is 0 Å². The number of carbonyl (C=O) groups excluding carboxylic acids is 1. The van der Waals surface area contributed by atoms with Gasteiger partial charge in [0.05, 0.1) is 10.6 Å². The summed E-state index contributed by atoms with van der Waals surface area (Å²) in [4.78, 5) is 10.9. The monoisotopic (exact) mass is 220 g/mol. The first-order valence-electron chi connectivity index (χ1n) is 3.75. The summed E-state index contributed by atoms with van der Waals surface area (Å²) < 4.78 is 24.6. The fourth-order valence-corrected chi connectivity index (χ4v) is 1.32. The Bertz CT molecular complexity index is 354. The molecule has 14 heavy (non-hydrogen) atoms. The third-order valence-corrected chi connectivity index (χ3v) is 2.05. The molecule has 0 bridgehead atoms. The first-order valence-corrected chi connectivity index (χ1v) is 4.12. The Kier molecular flexibility index (Phi) is 3.06. The zero-order chi connectivity index (χ0) is 10.9. The van der Waals surface area contributed by atoms with Crippen molar-refractivity contribution in [1.82, 2.24) is 0 Å². The van der Waals surface area contributed by atoms with Crippen LogP contribution in [0, 0.1) is 0 Å². The molecule has 0 fully saturated rings. The second-order valence-corrected chi connectivity index (χ2v) is 3.15. The highest BCUT2D eigenvalue weighted by atomic mass is 35.5. The van der Waals surface area contributed by atoms with E-state index < -0.39 is 17.7 Å². The maximum absolute atomic E-state index is 12.3. The molecule has 0 unspecified atom stereocenters. The molecule has 1 rings (SSSR count). The van der Waals surface area contributed by atoms with Crippen LogP contribution in [0.15, 0.2) is 12.1 Å². The molecule has 0 aliphatic heterocycles. The van der Waals surface area contributed by atoms with E-state index in [1.807, 2.05) is 0 Å². The molecule has 0 aliphatic rings. The van der Waals surface area contributed by atoms with Crippen LogP contribution in [0.5, 0.6) is 5.75 Å². The molecule has 0 saturated heterocycles. The van der Waals surface area contributed by atoms with Gasteiger partial charge in [0.2, 0.25) is 0 Å². The Morgan fingerprint density at radius 3 is 2.43 bits per heavy atom. The number of phenolic OH excluding ortho intramolecular Hbond substituents is 1. The van der Waals surface area contributed by atoms with Gasteiger partial charge in [-0.05, 0) is 19.1 Å². The van der Waals surface area contributed by atoms with E-state index in [4.69, 9.17) is 11.6 Å². The van der Waals surface area contributed by atoms with E-state index in [1.54, 1.807) is 0 Å². The summed E-state index contributed by atoms with van der Waals surface area (Å²) in [6, 6.07) is 2.10. The number of ketones is 1. The molecular weight excluding hydrogens is 214 g/mol. The Balaban J connectivity index is 3.32. The number of alkyl halides is 2. The lowest BCUT2D eigenvalue weighted by atomic mass is 10.1. The molecular formula is C9H7ClF2O2. The lowest BCUT2D eigenvalue weighted by Gasteiger charge is -2.07. The van der Waals surface area contributed by atoms with Crippen LogP contribution in [0.2, 0.25) is 5.02 Å². The summed E-state index contributed by atoms with van der Waals surface area (Å²) in [6.07, 6.45) is -2.86. The van der Waals surface area contributed by atoms with Crippen molar-refractivity contribution >= 4 is 17.4 Å². The molecule has 0 heterocycles. The average molecular weight is 221 g/mol. The minimum absolute atomic E-state index is 0.108. The smallest absolute Gasteiger partial charge is 0.268 e. The zero-order valence-electron chi connectivity index (χ0n) is 7.22. The van der Waals surface area contributed by atoms with Crippen LogP contribution in [0.1, 0.15) is 29.3 Å². The van der Waals surface area contributed by atoms with Crippen molar-refractivity contribution in [2.75, 3.05) is 0 Å². The number of aromatic hydroxyl groups is 1. The molecule has 76 valence electrons. The number of rotatable bonds is 2. The standard InChI is InChI=1S/C9H7ClF2O2/c1-4(13)5-2-6(10)8(9(11)12)7(14)3-5/h2-3,9,14H,1H3. The molecule has 1 aromatic rings. The highest BCUT2D eigenvalue weighted by Crippen LogP contribution is 2.35. The largest absolute Gasteiger partial charge is 0.507 e. The van der Waals surface area contributed by atoms with E-state index in [2.05, 4.69) is 0 Å². The molecule has 0 spiro atoms. The minimum atomic E-state index is -2.86. The Morgan fingerprint density at radius 2 is 2.07 bits per heavy atom. The van der Waals surface area contributed by atoms with Gasteiger partial charge in [0.25, 0.3) is 6.43 Å². The number of phenols is 1. The zero-order valence-corrected chi connectivity index (χ0v) is 7.98. The van der Waals surface area contributed by atoms with E-state index in [-0.39, 0.29) is 16.4 Å². The summed E-state index contributed by atoms with van der Waals surface area (Å²) in [5.41, 5.74) is -0.534. The van der Waals surface area contributed by atoms with E-state index in [1.165, 1.54) is 6.92 Å². The SMILES string of the molecule is CC(=O)c1cc(O)c(C(F)F)c(Cl)c1. The first kappa shape index (κ1) is 10.9. The molecule has 0 atom stereocenters. The van der Waals surface area contributed by atoms with Crippen molar-refractivity contribution in [2.24, 2.45) is 0 Å². The highest BCUT2D eigenvalue weighted by Gasteiger charge is 2.18. The van der Waals surface area contributed by atoms with Crippen LogP contribution in [0.3, 0.4) is 0 Å². The fourth-order valence-electron chi connectivity index (χ4n) is 1.02. The third-order valence-electron chi connectivity index (χ3n) is 1.73. The number of Topliss-reactive ketones (excluding diaryl/α,β-unsaturated/α-hetero) is 1. The van der Waals surface area contributed by atoms with E-state index in [9.17, 15) is 18.7 Å². The van der Waals surface area contributed by atoms with E-state index in [0.717, 1.165) is 12.1 Å². The molecule has 2 nitrogen and oxygen atoms in total. The van der Waals surface area contributed by atoms with Crippen molar-refractivity contribution in [3.63, 3.8) is 0 Å². The van der Waals surface area contributed by atoms with Gasteiger partial charge in [-0.2, -0.15) is 0 Å². The summed E-state index contributed by atoms with van der Waals surface area (Å²) >= 11 is 5.48. The summed E-state index contributed by atoms with van der Waals surface area (Å²) in [6.45, 7) is 1.26. The van der Waals surface area contributed by atoms with E-state index >= 15 is 0 Å². The lowest BCUT2D eigenvalue weighted by Crippen LogP contribution is -1.95. The van der Waals surface area contributed by atoms with Crippen molar-refractivity contribution in [3.05, 3.63) is 28.3 Å². The second kappa shape index (κ2) is 3.92. The van der Waals surface area contributed by atoms with Crippen molar-refractivity contribution in [2.45, 2.75) is 13.3 Å². The lowest BCUT2D eigenvalue weighted by molar-refractivity contribution is 0.101. The average Bonchev–Trinajstić information content (AvgIpc) is 2.01. The second-order valence-electron chi connectivity index (χ2n) is 2.75. The topological polar surface area (TPSA) is 37.3 Å². The van der Waals surface area contributed by atoms with Gasteiger partial charge in [0.1, 0.15) is 5.75 Å². The number of carbonyl (C=O) groups is 1. The Morgan fingerprint density at radius 1 is 1.50 bits per heavy atom. The van der Waals surface area contributed by atoms with E-state index in [0.29, 0.717) is 0 Å². The van der Waals surface area contributed by atoms with Crippen LogP contribution < -0.4 is 0 Å². The van der Waals surface area contributed by atoms with Gasteiger partial charge in [-0.1, -0.05) is 11.6 Å². The maximum Gasteiger partial charge on any atom is 0.268 e. The van der Waals surface area contributed by atoms with Crippen molar-refractivity contribution < 1.29 is 18.7 Å². The quantitative estimate of drug-likeness (QED) is 0.778. The van der Waals surface area contributed by atoms with Crippen LogP contribution in [0.25, 0.3) is 0 Å². The summed E-state index contributed by atoms with van der Waals surface area (Å²) in [5.74, 6) is -0.999. The van der Waals surface area contributed by atoms with Crippen LogP contribution in [0.4, 0.5) is 8.78 Å². The summed E-state index contributed by atoms with van der Waals surface area (Å²) in [7, 11) is 0. The number of hydrogen-bond donors (Lipinski definition) is 1. The minimum Gasteiger partial charge on any atom is -0.507 e. The Labute approximate surface area is 84.1 Å². The van der Waals surface area contributed by atoms with Gasteiger partial charge >= 0.3 is 0 Å². The third kappa shape index (κ3) is 2.01.